The lowest BCUT2D eigenvalue weighted by Crippen LogP contribution is -2.38. The van der Waals surface area contributed by atoms with Gasteiger partial charge in [0, 0.05) is 13.6 Å². The Morgan fingerprint density at radius 1 is 1.21 bits per heavy atom. The van der Waals surface area contributed by atoms with Gasteiger partial charge >= 0.3 is 0 Å². The first-order valence-electron chi connectivity index (χ1n) is 8.74. The molecule has 0 aliphatic carbocycles. The van der Waals surface area contributed by atoms with Crippen LogP contribution < -0.4 is 10.6 Å². The van der Waals surface area contributed by atoms with E-state index in [0.717, 1.165) is 16.8 Å². The highest BCUT2D eigenvalue weighted by Gasteiger charge is 2.10. The van der Waals surface area contributed by atoms with Crippen LogP contribution in [-0.4, -0.2) is 27.8 Å². The fourth-order valence-electron chi connectivity index (χ4n) is 2.66. The number of rotatable bonds is 5. The minimum Gasteiger partial charge on any atom is -0.352 e. The summed E-state index contributed by atoms with van der Waals surface area (Å²) in [6.45, 7) is 4.35. The monoisotopic (exact) mass is 494 g/mol. The summed E-state index contributed by atoms with van der Waals surface area (Å²) in [7, 11) is 1.71. The normalized spacial score (nSPS) is 12.2. The predicted octanol–water partition coefficient (Wildman–Crippen LogP) is 3.76. The number of halogens is 2. The van der Waals surface area contributed by atoms with Crippen LogP contribution in [0, 0.1) is 12.7 Å². The van der Waals surface area contributed by atoms with E-state index in [2.05, 4.69) is 25.7 Å². The van der Waals surface area contributed by atoms with Crippen molar-refractivity contribution in [3.05, 3.63) is 77.6 Å². The lowest BCUT2D eigenvalue weighted by atomic mass is 10.1. The van der Waals surface area contributed by atoms with Crippen LogP contribution in [0.25, 0.3) is 5.69 Å². The molecule has 1 atom stereocenters. The van der Waals surface area contributed by atoms with Crippen molar-refractivity contribution in [2.45, 2.75) is 26.4 Å². The third-order valence-electron chi connectivity index (χ3n) is 4.35. The molecule has 0 saturated carbocycles. The average Bonchev–Trinajstić information content (AvgIpc) is 3.22. The molecule has 0 amide bonds. The zero-order valence-corrected chi connectivity index (χ0v) is 18.4. The van der Waals surface area contributed by atoms with Crippen molar-refractivity contribution < 1.29 is 4.39 Å². The summed E-state index contributed by atoms with van der Waals surface area (Å²) in [4.78, 5) is 8.19. The molecule has 8 heteroatoms. The molecular weight excluding hydrogens is 470 g/mol. The van der Waals surface area contributed by atoms with Gasteiger partial charge < -0.3 is 10.6 Å². The van der Waals surface area contributed by atoms with Gasteiger partial charge in [0.2, 0.25) is 0 Å². The summed E-state index contributed by atoms with van der Waals surface area (Å²) in [5.74, 6) is 0.459. The van der Waals surface area contributed by atoms with Gasteiger partial charge in [0.15, 0.2) is 5.96 Å². The van der Waals surface area contributed by atoms with Crippen LogP contribution in [-0.2, 0) is 6.54 Å². The second-order valence-electron chi connectivity index (χ2n) is 6.31. The molecule has 0 radical (unpaired) electrons. The predicted molar refractivity (Wildman–Crippen MR) is 120 cm³/mol. The van der Waals surface area contributed by atoms with E-state index in [0.29, 0.717) is 18.1 Å². The van der Waals surface area contributed by atoms with Gasteiger partial charge in [-0.25, -0.2) is 14.1 Å². The summed E-state index contributed by atoms with van der Waals surface area (Å²) in [6, 6.07) is 13.2. The lowest BCUT2D eigenvalue weighted by molar-refractivity contribution is 0.607. The van der Waals surface area contributed by atoms with Crippen LogP contribution in [0.3, 0.4) is 0 Å². The third kappa shape index (κ3) is 5.51. The van der Waals surface area contributed by atoms with Crippen molar-refractivity contribution in [1.29, 1.82) is 0 Å². The summed E-state index contributed by atoms with van der Waals surface area (Å²) in [5.41, 5.74) is 3.57. The van der Waals surface area contributed by atoms with E-state index in [-0.39, 0.29) is 35.8 Å². The van der Waals surface area contributed by atoms with Crippen LogP contribution in [0.5, 0.6) is 0 Å². The molecule has 1 heterocycles. The standard InChI is InChI=1S/C20H23FN6.HI/c1-14-4-7-17(10-19(14)21)15(2)26-20(22-3)24-11-16-5-8-18(9-6-16)27-13-23-12-25-27;/h4-10,12-13,15H,11H2,1-3H3,(H2,22,24,26);1H. The number of aryl methyl sites for hydroxylation is 1. The number of aromatic nitrogens is 3. The zero-order chi connectivity index (χ0) is 19.2. The molecule has 1 aromatic heterocycles. The van der Waals surface area contributed by atoms with Crippen molar-refractivity contribution in [2.75, 3.05) is 7.05 Å². The molecule has 2 aromatic carbocycles. The largest absolute Gasteiger partial charge is 0.352 e. The summed E-state index contributed by atoms with van der Waals surface area (Å²) < 4.78 is 15.5. The first-order valence-corrected chi connectivity index (χ1v) is 8.74. The van der Waals surface area contributed by atoms with Crippen LogP contribution in [0.15, 0.2) is 60.1 Å². The molecule has 1 unspecified atom stereocenters. The molecule has 0 fully saturated rings. The van der Waals surface area contributed by atoms with Crippen molar-refractivity contribution in [3.63, 3.8) is 0 Å². The van der Waals surface area contributed by atoms with E-state index in [1.54, 1.807) is 37.1 Å². The minimum absolute atomic E-state index is 0. The molecule has 0 aliphatic rings. The van der Waals surface area contributed by atoms with E-state index in [1.165, 1.54) is 6.33 Å². The fraction of sp³-hybridized carbons (Fsp3) is 0.250. The highest BCUT2D eigenvalue weighted by atomic mass is 127. The Bertz CT molecular complexity index is 909. The third-order valence-corrected chi connectivity index (χ3v) is 4.35. The Kier molecular flexibility index (Phi) is 7.91. The number of nitrogens with zero attached hydrogens (tertiary/aromatic N) is 4. The Morgan fingerprint density at radius 3 is 2.57 bits per heavy atom. The number of hydrogen-bond donors (Lipinski definition) is 2. The first-order chi connectivity index (χ1) is 13.1. The molecular formula is C20H24FIN6. The zero-order valence-electron chi connectivity index (χ0n) is 16.1. The van der Waals surface area contributed by atoms with Crippen LogP contribution in [0.2, 0.25) is 0 Å². The van der Waals surface area contributed by atoms with Gasteiger partial charge in [0.05, 0.1) is 11.7 Å². The van der Waals surface area contributed by atoms with E-state index < -0.39 is 0 Å². The Balaban J connectivity index is 0.00000280. The molecule has 2 N–H and O–H groups in total. The summed E-state index contributed by atoms with van der Waals surface area (Å²) in [5, 5.41) is 10.7. The number of guanidine groups is 1. The molecule has 148 valence electrons. The minimum atomic E-state index is -0.198. The topological polar surface area (TPSA) is 67.1 Å². The van der Waals surface area contributed by atoms with Gasteiger partial charge in [0.25, 0.3) is 0 Å². The van der Waals surface area contributed by atoms with E-state index >= 15 is 0 Å². The van der Waals surface area contributed by atoms with Crippen molar-refractivity contribution in [2.24, 2.45) is 4.99 Å². The molecule has 28 heavy (non-hydrogen) atoms. The molecule has 0 aliphatic heterocycles. The van der Waals surface area contributed by atoms with Gasteiger partial charge in [-0.1, -0.05) is 24.3 Å². The first kappa shape index (κ1) is 21.8. The molecule has 0 bridgehead atoms. The number of benzene rings is 2. The van der Waals surface area contributed by atoms with Crippen molar-refractivity contribution >= 4 is 29.9 Å². The maximum Gasteiger partial charge on any atom is 0.191 e. The van der Waals surface area contributed by atoms with Gasteiger partial charge in [-0.15, -0.1) is 24.0 Å². The van der Waals surface area contributed by atoms with E-state index in [9.17, 15) is 4.39 Å². The molecule has 0 spiro atoms. The summed E-state index contributed by atoms with van der Waals surface area (Å²) >= 11 is 0. The number of aliphatic imine (C=N–C) groups is 1. The maximum atomic E-state index is 13.8. The summed E-state index contributed by atoms with van der Waals surface area (Å²) in [6.07, 6.45) is 3.17. The van der Waals surface area contributed by atoms with Gasteiger partial charge in [-0.2, -0.15) is 5.10 Å². The molecule has 3 aromatic rings. The molecule has 3 rings (SSSR count). The molecule has 6 nitrogen and oxygen atoms in total. The van der Waals surface area contributed by atoms with Crippen molar-refractivity contribution in [3.8, 4) is 5.69 Å². The highest BCUT2D eigenvalue weighted by molar-refractivity contribution is 14.0. The highest BCUT2D eigenvalue weighted by Crippen LogP contribution is 2.16. The average molecular weight is 494 g/mol. The molecule has 0 saturated heterocycles. The Hall–Kier alpha value is -2.49. The van der Waals surface area contributed by atoms with Crippen LogP contribution in [0.1, 0.15) is 29.7 Å². The quantitative estimate of drug-likeness (QED) is 0.322. The fourth-order valence-corrected chi connectivity index (χ4v) is 2.66. The van der Waals surface area contributed by atoms with E-state index in [4.69, 9.17) is 0 Å². The van der Waals surface area contributed by atoms with E-state index in [1.807, 2.05) is 37.3 Å². The second kappa shape index (κ2) is 10.2. The van der Waals surface area contributed by atoms with Gasteiger partial charge in [0.1, 0.15) is 18.5 Å². The Morgan fingerprint density at radius 2 is 1.96 bits per heavy atom. The SMILES string of the molecule is CN=C(NCc1ccc(-n2cncn2)cc1)NC(C)c1ccc(C)c(F)c1.I. The number of nitrogens with one attached hydrogen (secondary N) is 2. The Labute approximate surface area is 181 Å². The maximum absolute atomic E-state index is 13.8. The number of hydrogen-bond acceptors (Lipinski definition) is 3. The van der Waals surface area contributed by atoms with Gasteiger partial charge in [-0.05, 0) is 48.7 Å². The van der Waals surface area contributed by atoms with Crippen LogP contribution in [0.4, 0.5) is 4.39 Å². The van der Waals surface area contributed by atoms with Gasteiger partial charge in [-0.3, -0.25) is 4.99 Å². The van der Waals surface area contributed by atoms with Crippen LogP contribution >= 0.6 is 24.0 Å². The van der Waals surface area contributed by atoms with Crippen molar-refractivity contribution in [1.82, 2.24) is 25.4 Å². The smallest absolute Gasteiger partial charge is 0.191 e. The second-order valence-corrected chi connectivity index (χ2v) is 6.31. The lowest BCUT2D eigenvalue weighted by Gasteiger charge is -2.19.